The van der Waals surface area contributed by atoms with Gasteiger partial charge in [-0.2, -0.15) is 10.1 Å². The molecule has 34 heavy (non-hydrogen) atoms. The summed E-state index contributed by atoms with van der Waals surface area (Å²) in [6, 6.07) is 4.43. The third-order valence-electron chi connectivity index (χ3n) is 6.62. The number of pyridine rings is 1. The fraction of sp³-hybridized carbons (Fsp3) is 0.417. The molecule has 2 aliphatic rings. The average molecular weight is 462 g/mol. The van der Waals surface area contributed by atoms with E-state index in [4.69, 9.17) is 9.47 Å². The molecule has 0 radical (unpaired) electrons. The molecule has 0 aliphatic carbocycles. The van der Waals surface area contributed by atoms with Gasteiger partial charge in [0.25, 0.3) is 5.91 Å². The Morgan fingerprint density at radius 1 is 1.06 bits per heavy atom. The zero-order valence-corrected chi connectivity index (χ0v) is 18.8. The number of ether oxygens (including phenoxy) is 2. The van der Waals surface area contributed by atoms with Gasteiger partial charge in [0.2, 0.25) is 5.95 Å². The minimum Gasteiger partial charge on any atom is -0.381 e. The van der Waals surface area contributed by atoms with Gasteiger partial charge < -0.3 is 25.1 Å². The number of H-pyrrole nitrogens is 1. The first-order valence-electron chi connectivity index (χ1n) is 11.8. The molecular formula is C24H27N7O3. The number of rotatable bonds is 5. The second-order valence-electron chi connectivity index (χ2n) is 8.85. The summed E-state index contributed by atoms with van der Waals surface area (Å²) < 4.78 is 12.5. The highest BCUT2D eigenvalue weighted by atomic mass is 16.5. The first-order chi connectivity index (χ1) is 16.7. The van der Waals surface area contributed by atoms with Gasteiger partial charge in [0.15, 0.2) is 0 Å². The Kier molecular flexibility index (Phi) is 5.60. The van der Waals surface area contributed by atoms with Crippen LogP contribution in [0.4, 0.5) is 5.95 Å². The Hall–Kier alpha value is -3.50. The van der Waals surface area contributed by atoms with Crippen molar-refractivity contribution in [1.82, 2.24) is 29.9 Å². The standard InChI is InChI=1S/C24H27N7O3/c32-23(28-16-2-7-33-8-3-16)20-14-27-31-6-1-15(11-21(20)31)18-12-25-22-19(18)13-26-24(30-22)29-17-4-9-34-10-5-17/h1,6,11-14,16-17H,2-5,7-10H2,(H,28,32)(H2,25,26,29,30). The number of carbonyl (C=O) groups is 1. The van der Waals surface area contributed by atoms with Crippen molar-refractivity contribution in [3.63, 3.8) is 0 Å². The molecule has 0 atom stereocenters. The lowest BCUT2D eigenvalue weighted by Gasteiger charge is -2.22. The summed E-state index contributed by atoms with van der Waals surface area (Å²) in [7, 11) is 0. The Bertz CT molecular complexity index is 1320. The molecule has 4 aromatic rings. The lowest BCUT2D eigenvalue weighted by molar-refractivity contribution is 0.0697. The number of fused-ring (bicyclic) bond motifs is 2. The van der Waals surface area contributed by atoms with Crippen LogP contribution in [0.3, 0.4) is 0 Å². The molecule has 2 fully saturated rings. The Labute approximate surface area is 196 Å². The number of hydrogen-bond acceptors (Lipinski definition) is 7. The number of anilines is 1. The minimum atomic E-state index is -0.106. The molecule has 176 valence electrons. The van der Waals surface area contributed by atoms with Crippen LogP contribution in [0, 0.1) is 0 Å². The molecule has 0 bridgehead atoms. The van der Waals surface area contributed by atoms with Crippen molar-refractivity contribution in [3.8, 4) is 11.1 Å². The first kappa shape index (κ1) is 21.1. The number of aromatic amines is 1. The van der Waals surface area contributed by atoms with Crippen LogP contribution in [0.25, 0.3) is 27.7 Å². The summed E-state index contributed by atoms with van der Waals surface area (Å²) in [5.74, 6) is 0.510. The molecule has 3 N–H and O–H groups in total. The van der Waals surface area contributed by atoms with Crippen LogP contribution in [0.1, 0.15) is 36.0 Å². The third-order valence-corrected chi connectivity index (χ3v) is 6.62. The summed E-state index contributed by atoms with van der Waals surface area (Å²) >= 11 is 0. The van der Waals surface area contributed by atoms with E-state index in [2.05, 4.69) is 30.7 Å². The molecule has 4 aromatic heterocycles. The van der Waals surface area contributed by atoms with Gasteiger partial charge in [-0.05, 0) is 43.4 Å². The van der Waals surface area contributed by atoms with Crippen LogP contribution >= 0.6 is 0 Å². The summed E-state index contributed by atoms with van der Waals surface area (Å²) in [6.07, 6.45) is 10.8. The zero-order chi connectivity index (χ0) is 22.9. The van der Waals surface area contributed by atoms with Gasteiger partial charge in [-0.1, -0.05) is 0 Å². The van der Waals surface area contributed by atoms with Crippen LogP contribution in [0.15, 0.2) is 36.9 Å². The Morgan fingerprint density at radius 3 is 2.62 bits per heavy atom. The van der Waals surface area contributed by atoms with Crippen LogP contribution in [-0.4, -0.2) is 69.0 Å². The van der Waals surface area contributed by atoms with Gasteiger partial charge in [-0.25, -0.2) is 9.50 Å². The molecule has 2 aliphatic heterocycles. The van der Waals surface area contributed by atoms with Crippen LogP contribution in [0.5, 0.6) is 0 Å². The molecule has 6 heterocycles. The van der Waals surface area contributed by atoms with Crippen molar-refractivity contribution in [2.75, 3.05) is 31.7 Å². The highest BCUT2D eigenvalue weighted by Crippen LogP contribution is 2.29. The summed E-state index contributed by atoms with van der Waals surface area (Å²) in [6.45, 7) is 2.88. The van der Waals surface area contributed by atoms with Crippen molar-refractivity contribution in [2.24, 2.45) is 0 Å². The summed E-state index contributed by atoms with van der Waals surface area (Å²) in [5, 5.41) is 11.8. The molecule has 6 rings (SSSR count). The highest BCUT2D eigenvalue weighted by molar-refractivity contribution is 6.02. The lowest BCUT2D eigenvalue weighted by atomic mass is 10.1. The van der Waals surface area contributed by atoms with Gasteiger partial charge in [0.05, 0.1) is 17.3 Å². The van der Waals surface area contributed by atoms with Crippen LogP contribution in [-0.2, 0) is 9.47 Å². The van der Waals surface area contributed by atoms with Crippen molar-refractivity contribution < 1.29 is 14.3 Å². The largest absolute Gasteiger partial charge is 0.381 e. The molecule has 2 saturated heterocycles. The molecule has 0 aromatic carbocycles. The predicted octanol–water partition coefficient (Wildman–Crippen LogP) is 2.77. The van der Waals surface area contributed by atoms with Crippen molar-refractivity contribution >= 4 is 28.4 Å². The molecule has 10 heteroatoms. The first-order valence-corrected chi connectivity index (χ1v) is 11.8. The number of nitrogens with one attached hydrogen (secondary N) is 3. The van der Waals surface area contributed by atoms with E-state index in [0.29, 0.717) is 30.8 Å². The van der Waals surface area contributed by atoms with E-state index in [1.54, 1.807) is 10.7 Å². The smallest absolute Gasteiger partial charge is 0.255 e. The number of carbonyl (C=O) groups excluding carboxylic acids is 1. The maximum atomic E-state index is 13.0. The second-order valence-corrected chi connectivity index (χ2v) is 8.85. The van der Waals surface area contributed by atoms with Crippen molar-refractivity contribution in [2.45, 2.75) is 37.8 Å². The Balaban J connectivity index is 1.27. The molecule has 10 nitrogen and oxygen atoms in total. The monoisotopic (exact) mass is 461 g/mol. The van der Waals surface area contributed by atoms with Gasteiger partial charge in [-0.3, -0.25) is 4.79 Å². The van der Waals surface area contributed by atoms with Crippen molar-refractivity contribution in [3.05, 3.63) is 42.5 Å². The van der Waals surface area contributed by atoms with E-state index in [1.165, 1.54) is 0 Å². The third kappa shape index (κ3) is 4.10. The normalized spacial score (nSPS) is 17.9. The second kappa shape index (κ2) is 9.03. The summed E-state index contributed by atoms with van der Waals surface area (Å²) in [5.41, 5.74) is 4.04. The Morgan fingerprint density at radius 2 is 1.82 bits per heavy atom. The fourth-order valence-corrected chi connectivity index (χ4v) is 4.67. The van der Waals surface area contributed by atoms with Gasteiger partial charge >= 0.3 is 0 Å². The zero-order valence-electron chi connectivity index (χ0n) is 18.8. The van der Waals surface area contributed by atoms with Gasteiger partial charge in [0.1, 0.15) is 5.65 Å². The predicted molar refractivity (Wildman–Crippen MR) is 127 cm³/mol. The fourth-order valence-electron chi connectivity index (χ4n) is 4.67. The maximum absolute atomic E-state index is 13.0. The quantitative estimate of drug-likeness (QED) is 0.418. The van der Waals surface area contributed by atoms with E-state index >= 15 is 0 Å². The number of nitrogens with zero attached hydrogens (tertiary/aromatic N) is 4. The van der Waals surface area contributed by atoms with Crippen molar-refractivity contribution in [1.29, 1.82) is 0 Å². The van der Waals surface area contributed by atoms with Gasteiger partial charge in [-0.15, -0.1) is 0 Å². The SMILES string of the molecule is O=C(NC1CCOCC1)c1cnn2ccc(-c3c[nH]c4nc(NC5CCOCC5)ncc34)cc12. The number of hydrogen-bond donors (Lipinski definition) is 3. The average Bonchev–Trinajstić information content (AvgIpc) is 3.49. The van der Waals surface area contributed by atoms with E-state index in [1.807, 2.05) is 30.7 Å². The molecule has 1 amide bonds. The van der Waals surface area contributed by atoms with E-state index in [-0.39, 0.29) is 11.9 Å². The topological polar surface area (TPSA) is 118 Å². The molecule has 0 spiro atoms. The van der Waals surface area contributed by atoms with Gasteiger partial charge in [0, 0.05) is 68.1 Å². The molecule has 0 saturated carbocycles. The number of amides is 1. The van der Waals surface area contributed by atoms with E-state index in [0.717, 1.165) is 66.6 Å². The molecular weight excluding hydrogens is 434 g/mol. The molecule has 0 unspecified atom stereocenters. The minimum absolute atomic E-state index is 0.106. The highest BCUT2D eigenvalue weighted by Gasteiger charge is 2.20. The maximum Gasteiger partial charge on any atom is 0.255 e. The van der Waals surface area contributed by atoms with E-state index in [9.17, 15) is 4.79 Å². The summed E-state index contributed by atoms with van der Waals surface area (Å²) in [4.78, 5) is 25.4. The van der Waals surface area contributed by atoms with Crippen LogP contribution in [0.2, 0.25) is 0 Å². The lowest BCUT2D eigenvalue weighted by Crippen LogP contribution is -2.38. The van der Waals surface area contributed by atoms with E-state index < -0.39 is 0 Å². The number of aromatic nitrogens is 5. The van der Waals surface area contributed by atoms with Crippen LogP contribution < -0.4 is 10.6 Å².